The van der Waals surface area contributed by atoms with Gasteiger partial charge in [-0.25, -0.2) is 0 Å². The number of hydrogen-bond acceptors (Lipinski definition) is 3. The SMILES string of the molecule is CSC1=C(CCC(C)(C)C)C(=O)C(=O)c2ccccc21. The zero-order valence-corrected chi connectivity index (χ0v) is 13.3. The van der Waals surface area contributed by atoms with Crippen molar-refractivity contribution in [2.24, 2.45) is 5.41 Å². The lowest BCUT2D eigenvalue weighted by atomic mass is 9.83. The molecule has 1 aliphatic carbocycles. The van der Waals surface area contributed by atoms with Crippen molar-refractivity contribution in [1.82, 2.24) is 0 Å². The average molecular weight is 288 g/mol. The van der Waals surface area contributed by atoms with Gasteiger partial charge < -0.3 is 0 Å². The lowest BCUT2D eigenvalue weighted by molar-refractivity contribution is -0.112. The summed E-state index contributed by atoms with van der Waals surface area (Å²) in [7, 11) is 0. The Morgan fingerprint density at radius 1 is 1.00 bits per heavy atom. The maximum atomic E-state index is 12.4. The van der Waals surface area contributed by atoms with Crippen LogP contribution in [0.4, 0.5) is 0 Å². The molecule has 0 amide bonds. The van der Waals surface area contributed by atoms with E-state index < -0.39 is 0 Å². The molecule has 3 heteroatoms. The summed E-state index contributed by atoms with van der Waals surface area (Å²) in [6.45, 7) is 6.44. The van der Waals surface area contributed by atoms with Gasteiger partial charge in [0.15, 0.2) is 0 Å². The summed E-state index contributed by atoms with van der Waals surface area (Å²) in [5.74, 6) is -0.681. The van der Waals surface area contributed by atoms with E-state index in [1.165, 1.54) is 0 Å². The van der Waals surface area contributed by atoms with E-state index in [0.29, 0.717) is 17.6 Å². The molecule has 0 unspecified atom stereocenters. The summed E-state index contributed by atoms with van der Waals surface area (Å²) >= 11 is 1.56. The van der Waals surface area contributed by atoms with Gasteiger partial charge >= 0.3 is 0 Å². The molecule has 2 rings (SSSR count). The van der Waals surface area contributed by atoms with Crippen LogP contribution in [0.25, 0.3) is 4.91 Å². The Balaban J connectivity index is 2.48. The number of benzene rings is 1. The Morgan fingerprint density at radius 2 is 1.60 bits per heavy atom. The lowest BCUT2D eigenvalue weighted by Crippen LogP contribution is -2.24. The third kappa shape index (κ3) is 2.88. The van der Waals surface area contributed by atoms with Crippen molar-refractivity contribution in [2.75, 3.05) is 6.26 Å². The molecule has 1 aliphatic rings. The highest BCUT2D eigenvalue weighted by Gasteiger charge is 2.32. The first-order valence-electron chi connectivity index (χ1n) is 6.81. The van der Waals surface area contributed by atoms with Gasteiger partial charge in [0.25, 0.3) is 0 Å². The second-order valence-electron chi connectivity index (χ2n) is 6.28. The lowest BCUT2D eigenvalue weighted by Gasteiger charge is -2.23. The Bertz CT molecular complexity index is 591. The molecule has 2 nitrogen and oxygen atoms in total. The molecule has 0 aliphatic heterocycles. The van der Waals surface area contributed by atoms with Crippen LogP contribution < -0.4 is 0 Å². The molecule has 1 aromatic carbocycles. The van der Waals surface area contributed by atoms with Crippen LogP contribution in [-0.4, -0.2) is 17.8 Å². The predicted molar refractivity (Wildman–Crippen MR) is 84.9 cm³/mol. The summed E-state index contributed by atoms with van der Waals surface area (Å²) in [6.07, 6.45) is 3.53. The van der Waals surface area contributed by atoms with Crippen LogP contribution in [0.5, 0.6) is 0 Å². The van der Waals surface area contributed by atoms with Crippen LogP contribution in [-0.2, 0) is 4.79 Å². The topological polar surface area (TPSA) is 34.1 Å². The first kappa shape index (κ1) is 15.0. The average Bonchev–Trinajstić information content (AvgIpc) is 2.40. The van der Waals surface area contributed by atoms with Crippen LogP contribution in [0, 0.1) is 5.41 Å². The van der Waals surface area contributed by atoms with Crippen molar-refractivity contribution >= 4 is 28.2 Å². The molecule has 106 valence electrons. The maximum absolute atomic E-state index is 12.4. The number of hydrogen-bond donors (Lipinski definition) is 0. The van der Waals surface area contributed by atoms with Crippen LogP contribution in [0.1, 0.15) is 49.5 Å². The number of rotatable bonds is 3. The molecular formula is C17H20O2S. The first-order chi connectivity index (χ1) is 9.35. The number of allylic oxidation sites excluding steroid dienone is 1. The van der Waals surface area contributed by atoms with E-state index in [1.54, 1.807) is 17.8 Å². The van der Waals surface area contributed by atoms with Gasteiger partial charge in [0.2, 0.25) is 11.6 Å². The smallest absolute Gasteiger partial charge is 0.233 e. The van der Waals surface area contributed by atoms with Crippen molar-refractivity contribution in [3.8, 4) is 0 Å². The van der Waals surface area contributed by atoms with Gasteiger partial charge in [-0.3, -0.25) is 9.59 Å². The van der Waals surface area contributed by atoms with Gasteiger partial charge in [0, 0.05) is 16.0 Å². The van der Waals surface area contributed by atoms with E-state index in [-0.39, 0.29) is 17.0 Å². The largest absolute Gasteiger partial charge is 0.285 e. The Kier molecular flexibility index (Phi) is 4.19. The number of carbonyl (C=O) groups excluding carboxylic acids is 2. The number of ketones is 2. The van der Waals surface area contributed by atoms with Gasteiger partial charge in [-0.15, -0.1) is 11.8 Å². The molecule has 0 radical (unpaired) electrons. The third-order valence-corrected chi connectivity index (χ3v) is 4.37. The molecule has 0 fully saturated rings. The van der Waals surface area contributed by atoms with Crippen LogP contribution in [0.3, 0.4) is 0 Å². The number of thioether (sulfide) groups is 1. The Labute approximate surface area is 124 Å². The third-order valence-electron chi connectivity index (χ3n) is 3.50. The molecule has 0 spiro atoms. The van der Waals surface area contributed by atoms with E-state index in [4.69, 9.17) is 0 Å². The minimum Gasteiger partial charge on any atom is -0.285 e. The van der Waals surface area contributed by atoms with Crippen LogP contribution in [0.15, 0.2) is 29.8 Å². The second-order valence-corrected chi connectivity index (χ2v) is 7.09. The number of carbonyl (C=O) groups is 2. The van der Waals surface area contributed by atoms with E-state index in [0.717, 1.165) is 16.9 Å². The minimum atomic E-state index is -0.359. The van der Waals surface area contributed by atoms with Gasteiger partial charge in [-0.05, 0) is 30.1 Å². The molecule has 0 aromatic heterocycles. The molecule has 1 aromatic rings. The normalized spacial score (nSPS) is 15.6. The fourth-order valence-corrected chi connectivity index (χ4v) is 3.20. The van der Waals surface area contributed by atoms with E-state index in [2.05, 4.69) is 20.8 Å². The van der Waals surface area contributed by atoms with E-state index in [1.807, 2.05) is 24.5 Å². The maximum Gasteiger partial charge on any atom is 0.233 e. The quantitative estimate of drug-likeness (QED) is 0.775. The summed E-state index contributed by atoms with van der Waals surface area (Å²) in [5, 5.41) is 0. The summed E-state index contributed by atoms with van der Waals surface area (Å²) in [5.41, 5.74) is 2.29. The van der Waals surface area contributed by atoms with Crippen molar-refractivity contribution in [1.29, 1.82) is 0 Å². The van der Waals surface area contributed by atoms with Crippen molar-refractivity contribution in [3.05, 3.63) is 41.0 Å². The van der Waals surface area contributed by atoms with Gasteiger partial charge in [-0.1, -0.05) is 45.0 Å². The zero-order valence-electron chi connectivity index (χ0n) is 12.4. The van der Waals surface area contributed by atoms with Crippen LogP contribution >= 0.6 is 11.8 Å². The molecule has 0 saturated carbocycles. The van der Waals surface area contributed by atoms with E-state index in [9.17, 15) is 9.59 Å². The molecule has 20 heavy (non-hydrogen) atoms. The molecular weight excluding hydrogens is 268 g/mol. The first-order valence-corrected chi connectivity index (χ1v) is 8.03. The Morgan fingerprint density at radius 3 is 2.15 bits per heavy atom. The van der Waals surface area contributed by atoms with Crippen molar-refractivity contribution < 1.29 is 9.59 Å². The summed E-state index contributed by atoms with van der Waals surface area (Å²) in [6, 6.07) is 7.40. The molecule has 0 saturated heterocycles. The Hall–Kier alpha value is -1.35. The highest BCUT2D eigenvalue weighted by atomic mass is 32.2. The van der Waals surface area contributed by atoms with Gasteiger partial charge in [0.05, 0.1) is 0 Å². The monoisotopic (exact) mass is 288 g/mol. The fraction of sp³-hybridized carbons (Fsp3) is 0.412. The molecule has 0 atom stereocenters. The molecule has 0 bridgehead atoms. The molecule has 0 N–H and O–H groups in total. The fourth-order valence-electron chi connectivity index (χ4n) is 2.36. The second kappa shape index (κ2) is 5.57. The summed E-state index contributed by atoms with van der Waals surface area (Å²) < 4.78 is 0. The molecule has 0 heterocycles. The van der Waals surface area contributed by atoms with Gasteiger partial charge in [-0.2, -0.15) is 0 Å². The number of Topliss-reactive ketones (excluding diaryl/α,β-unsaturated/α-hetero) is 2. The minimum absolute atomic E-state index is 0.150. The van der Waals surface area contributed by atoms with Crippen molar-refractivity contribution in [3.63, 3.8) is 0 Å². The standard InChI is InChI=1S/C17H20O2S/c1-17(2,3)10-9-13-15(19)14(18)11-7-5-6-8-12(11)16(13)20-4/h5-8H,9-10H2,1-4H3. The predicted octanol–water partition coefficient (Wildman–Crippen LogP) is 4.35. The van der Waals surface area contributed by atoms with E-state index >= 15 is 0 Å². The highest BCUT2D eigenvalue weighted by molar-refractivity contribution is 8.07. The van der Waals surface area contributed by atoms with Gasteiger partial charge in [0.1, 0.15) is 0 Å². The summed E-state index contributed by atoms with van der Waals surface area (Å²) in [4.78, 5) is 25.5. The number of fused-ring (bicyclic) bond motifs is 1. The highest BCUT2D eigenvalue weighted by Crippen LogP contribution is 2.39. The van der Waals surface area contributed by atoms with Crippen molar-refractivity contribution in [2.45, 2.75) is 33.6 Å². The van der Waals surface area contributed by atoms with Crippen LogP contribution in [0.2, 0.25) is 0 Å². The zero-order chi connectivity index (χ0) is 14.9.